The summed E-state index contributed by atoms with van der Waals surface area (Å²) in [6, 6.07) is 15.4. The fraction of sp³-hybridized carbons (Fsp3) is 0.150. The van der Waals surface area contributed by atoms with E-state index in [1.165, 1.54) is 6.07 Å². The number of benzene rings is 2. The van der Waals surface area contributed by atoms with Crippen molar-refractivity contribution in [1.82, 2.24) is 10.3 Å². The van der Waals surface area contributed by atoms with Gasteiger partial charge in [0.05, 0.1) is 17.1 Å². The molecule has 138 valence electrons. The van der Waals surface area contributed by atoms with Gasteiger partial charge >= 0.3 is 5.97 Å². The molecule has 1 atom stereocenters. The Morgan fingerprint density at radius 2 is 1.89 bits per heavy atom. The predicted octanol–water partition coefficient (Wildman–Crippen LogP) is 4.58. The Morgan fingerprint density at radius 3 is 2.67 bits per heavy atom. The second kappa shape index (κ2) is 8.37. The number of para-hydroxylation sites is 1. The van der Waals surface area contributed by atoms with Crippen molar-refractivity contribution in [1.29, 1.82) is 0 Å². The van der Waals surface area contributed by atoms with Crippen LogP contribution in [0.5, 0.6) is 0 Å². The Labute approximate surface area is 166 Å². The molecule has 0 aliphatic rings. The van der Waals surface area contributed by atoms with Crippen LogP contribution in [0.3, 0.4) is 0 Å². The molecule has 3 aromatic rings. The van der Waals surface area contributed by atoms with Crippen LogP contribution in [-0.2, 0) is 9.53 Å². The van der Waals surface area contributed by atoms with Crippen LogP contribution in [0.4, 0.5) is 0 Å². The van der Waals surface area contributed by atoms with E-state index in [1.54, 1.807) is 42.5 Å². The van der Waals surface area contributed by atoms with Crippen molar-refractivity contribution in [3.05, 3.63) is 75.9 Å². The summed E-state index contributed by atoms with van der Waals surface area (Å²) in [5.41, 5.74) is 1.70. The van der Waals surface area contributed by atoms with Gasteiger partial charge in [-0.25, -0.2) is 9.78 Å². The number of esters is 1. The molecule has 0 aliphatic carbocycles. The van der Waals surface area contributed by atoms with Crippen molar-refractivity contribution in [2.75, 3.05) is 6.61 Å². The van der Waals surface area contributed by atoms with Gasteiger partial charge in [0.1, 0.15) is 5.15 Å². The third kappa shape index (κ3) is 4.76. The third-order valence-corrected chi connectivity index (χ3v) is 4.39. The maximum absolute atomic E-state index is 12.4. The van der Waals surface area contributed by atoms with E-state index in [1.807, 2.05) is 13.0 Å². The van der Waals surface area contributed by atoms with Gasteiger partial charge in [-0.05, 0) is 36.8 Å². The standard InChI is InChI=1S/C20H16Cl2N2O3/c1-12(13-5-4-6-14(21)9-13)23-19(25)11-27-20(26)16-10-18(22)24-17-8-3-2-7-15(16)17/h2-10,12H,11H2,1H3,(H,23,25)/t12-/m0/s1. The highest BCUT2D eigenvalue weighted by Gasteiger charge is 2.16. The van der Waals surface area contributed by atoms with E-state index in [0.29, 0.717) is 15.9 Å². The molecule has 2 aromatic carbocycles. The number of hydrogen-bond donors (Lipinski definition) is 1. The first-order chi connectivity index (χ1) is 12.9. The Bertz CT molecular complexity index is 1010. The molecule has 5 nitrogen and oxygen atoms in total. The number of carbonyl (C=O) groups excluding carboxylic acids is 2. The molecule has 1 heterocycles. The van der Waals surface area contributed by atoms with Crippen molar-refractivity contribution >= 4 is 46.0 Å². The Balaban J connectivity index is 1.65. The van der Waals surface area contributed by atoms with Crippen molar-refractivity contribution in [2.24, 2.45) is 0 Å². The van der Waals surface area contributed by atoms with E-state index >= 15 is 0 Å². The lowest BCUT2D eigenvalue weighted by molar-refractivity contribution is -0.124. The number of nitrogens with zero attached hydrogens (tertiary/aromatic N) is 1. The fourth-order valence-electron chi connectivity index (χ4n) is 2.66. The first-order valence-corrected chi connectivity index (χ1v) is 8.97. The van der Waals surface area contributed by atoms with Crippen LogP contribution in [0.2, 0.25) is 10.2 Å². The molecular weight excluding hydrogens is 387 g/mol. The number of hydrogen-bond acceptors (Lipinski definition) is 4. The number of rotatable bonds is 5. The van der Waals surface area contributed by atoms with Crippen LogP contribution in [0.15, 0.2) is 54.6 Å². The van der Waals surface area contributed by atoms with Crippen molar-refractivity contribution in [2.45, 2.75) is 13.0 Å². The Hall–Kier alpha value is -2.63. The first-order valence-electron chi connectivity index (χ1n) is 8.21. The second-order valence-corrected chi connectivity index (χ2v) is 6.75. The molecule has 0 fully saturated rings. The average molecular weight is 403 g/mol. The van der Waals surface area contributed by atoms with Crippen LogP contribution in [-0.4, -0.2) is 23.5 Å². The largest absolute Gasteiger partial charge is 0.452 e. The zero-order chi connectivity index (χ0) is 19.4. The smallest absolute Gasteiger partial charge is 0.339 e. The molecule has 7 heteroatoms. The zero-order valence-corrected chi connectivity index (χ0v) is 15.9. The minimum absolute atomic E-state index is 0.180. The Kier molecular flexibility index (Phi) is 5.94. The predicted molar refractivity (Wildman–Crippen MR) is 105 cm³/mol. The number of halogens is 2. The summed E-state index contributed by atoms with van der Waals surface area (Å²) >= 11 is 11.9. The van der Waals surface area contributed by atoms with Gasteiger partial charge < -0.3 is 10.1 Å². The SMILES string of the molecule is C[C@H](NC(=O)COC(=O)c1cc(Cl)nc2ccccc12)c1cccc(Cl)c1. The Morgan fingerprint density at radius 1 is 1.11 bits per heavy atom. The lowest BCUT2D eigenvalue weighted by atomic mass is 10.1. The third-order valence-electron chi connectivity index (χ3n) is 3.97. The minimum Gasteiger partial charge on any atom is -0.452 e. The maximum Gasteiger partial charge on any atom is 0.339 e. The molecule has 0 bridgehead atoms. The molecule has 0 spiro atoms. The highest BCUT2D eigenvalue weighted by molar-refractivity contribution is 6.30. The summed E-state index contributed by atoms with van der Waals surface area (Å²) in [5, 5.41) is 4.14. The molecule has 1 N–H and O–H groups in total. The topological polar surface area (TPSA) is 68.3 Å². The molecule has 0 saturated heterocycles. The number of nitrogens with one attached hydrogen (secondary N) is 1. The van der Waals surface area contributed by atoms with Gasteiger partial charge in [0.15, 0.2) is 6.61 Å². The van der Waals surface area contributed by atoms with Gasteiger partial charge in [-0.3, -0.25) is 4.79 Å². The lowest BCUT2D eigenvalue weighted by Crippen LogP contribution is -2.31. The quantitative estimate of drug-likeness (QED) is 0.500. The number of carbonyl (C=O) groups is 2. The van der Waals surface area contributed by atoms with Gasteiger partial charge in [0.25, 0.3) is 5.91 Å². The first kappa shape index (κ1) is 19.1. The van der Waals surface area contributed by atoms with Crippen molar-refractivity contribution < 1.29 is 14.3 Å². The minimum atomic E-state index is -0.638. The molecule has 1 amide bonds. The molecule has 1 aromatic heterocycles. The summed E-state index contributed by atoms with van der Waals surface area (Å²) < 4.78 is 5.15. The van der Waals surface area contributed by atoms with Crippen LogP contribution < -0.4 is 5.32 Å². The van der Waals surface area contributed by atoms with E-state index in [-0.39, 0.29) is 16.8 Å². The number of ether oxygens (including phenoxy) is 1. The molecule has 0 saturated carbocycles. The highest BCUT2D eigenvalue weighted by Crippen LogP contribution is 2.21. The maximum atomic E-state index is 12.4. The molecular formula is C20H16Cl2N2O3. The zero-order valence-electron chi connectivity index (χ0n) is 14.4. The van der Waals surface area contributed by atoms with Gasteiger partial charge in [-0.1, -0.05) is 53.5 Å². The van der Waals surface area contributed by atoms with E-state index < -0.39 is 18.5 Å². The van der Waals surface area contributed by atoms with Gasteiger partial charge in [-0.2, -0.15) is 0 Å². The number of amides is 1. The molecule has 3 rings (SSSR count). The van der Waals surface area contributed by atoms with Crippen LogP contribution in [0.25, 0.3) is 10.9 Å². The van der Waals surface area contributed by atoms with Crippen LogP contribution in [0.1, 0.15) is 28.9 Å². The van der Waals surface area contributed by atoms with Crippen molar-refractivity contribution in [3.8, 4) is 0 Å². The van der Waals surface area contributed by atoms with Gasteiger partial charge in [0, 0.05) is 10.4 Å². The van der Waals surface area contributed by atoms with E-state index in [4.69, 9.17) is 27.9 Å². The summed E-state index contributed by atoms with van der Waals surface area (Å²) in [4.78, 5) is 28.7. The highest BCUT2D eigenvalue weighted by atomic mass is 35.5. The van der Waals surface area contributed by atoms with Crippen LogP contribution >= 0.6 is 23.2 Å². The summed E-state index contributed by atoms with van der Waals surface area (Å²) in [6.07, 6.45) is 0. The summed E-state index contributed by atoms with van der Waals surface area (Å²) in [6.45, 7) is 1.42. The number of fused-ring (bicyclic) bond motifs is 1. The molecule has 0 aliphatic heterocycles. The van der Waals surface area contributed by atoms with Crippen LogP contribution in [0, 0.1) is 0 Å². The number of aromatic nitrogens is 1. The van der Waals surface area contributed by atoms with E-state index in [9.17, 15) is 9.59 Å². The van der Waals surface area contributed by atoms with E-state index in [0.717, 1.165) is 5.56 Å². The van der Waals surface area contributed by atoms with Crippen molar-refractivity contribution in [3.63, 3.8) is 0 Å². The van der Waals surface area contributed by atoms with E-state index in [2.05, 4.69) is 10.3 Å². The normalized spacial score (nSPS) is 11.8. The fourth-order valence-corrected chi connectivity index (χ4v) is 3.06. The summed E-state index contributed by atoms with van der Waals surface area (Å²) in [5.74, 6) is -1.05. The second-order valence-electron chi connectivity index (χ2n) is 5.93. The average Bonchev–Trinajstić information content (AvgIpc) is 2.65. The van der Waals surface area contributed by atoms with Gasteiger partial charge in [-0.15, -0.1) is 0 Å². The monoisotopic (exact) mass is 402 g/mol. The molecule has 0 radical (unpaired) electrons. The molecule has 0 unspecified atom stereocenters. The lowest BCUT2D eigenvalue weighted by Gasteiger charge is -2.15. The van der Waals surface area contributed by atoms with Gasteiger partial charge in [0.2, 0.25) is 0 Å². The summed E-state index contributed by atoms with van der Waals surface area (Å²) in [7, 11) is 0. The molecule has 27 heavy (non-hydrogen) atoms. The number of pyridine rings is 1.